The van der Waals surface area contributed by atoms with E-state index < -0.39 is 0 Å². The first kappa shape index (κ1) is 13.4. The van der Waals surface area contributed by atoms with Gasteiger partial charge >= 0.3 is 0 Å². The van der Waals surface area contributed by atoms with Gasteiger partial charge < -0.3 is 10.1 Å². The zero-order valence-corrected chi connectivity index (χ0v) is 11.3. The van der Waals surface area contributed by atoms with E-state index in [1.54, 1.807) is 25.2 Å². The van der Waals surface area contributed by atoms with E-state index >= 15 is 0 Å². The third-order valence-corrected chi connectivity index (χ3v) is 2.85. The Morgan fingerprint density at radius 1 is 1.21 bits per heavy atom. The number of halogens is 1. The molecule has 0 radical (unpaired) electrons. The second-order valence-corrected chi connectivity index (χ2v) is 4.46. The van der Waals surface area contributed by atoms with Crippen LogP contribution in [-0.2, 0) is 6.61 Å². The second kappa shape index (κ2) is 6.25. The van der Waals surface area contributed by atoms with Crippen molar-refractivity contribution in [1.29, 1.82) is 0 Å². The predicted octanol–water partition coefficient (Wildman–Crippen LogP) is 3.28. The maximum atomic E-state index is 11.5. The van der Waals surface area contributed by atoms with Crippen LogP contribution in [0.1, 0.15) is 15.9 Å². The van der Waals surface area contributed by atoms with Crippen LogP contribution in [-0.4, -0.2) is 13.0 Å². The standard InChI is InChI=1S/C15H14ClNO2/c1-17-15(18)12-5-3-7-14(9-12)19-10-11-4-2-6-13(16)8-11/h2-9H,10H2,1H3,(H,17,18). The number of hydrogen-bond donors (Lipinski definition) is 1. The van der Waals surface area contributed by atoms with Gasteiger partial charge in [-0.25, -0.2) is 0 Å². The first-order valence-electron chi connectivity index (χ1n) is 5.88. The summed E-state index contributed by atoms with van der Waals surface area (Å²) in [6.45, 7) is 0.414. The number of carbonyl (C=O) groups excluding carboxylic acids is 1. The van der Waals surface area contributed by atoms with Gasteiger partial charge in [-0.1, -0.05) is 29.8 Å². The minimum absolute atomic E-state index is 0.131. The molecule has 0 unspecified atom stereocenters. The van der Waals surface area contributed by atoms with Crippen LogP contribution >= 0.6 is 11.6 Å². The molecule has 98 valence electrons. The van der Waals surface area contributed by atoms with Crippen LogP contribution in [0.3, 0.4) is 0 Å². The number of carbonyl (C=O) groups is 1. The van der Waals surface area contributed by atoms with Crippen molar-refractivity contribution in [2.24, 2.45) is 0 Å². The molecule has 4 heteroatoms. The molecule has 0 saturated carbocycles. The summed E-state index contributed by atoms with van der Waals surface area (Å²) in [4.78, 5) is 11.5. The summed E-state index contributed by atoms with van der Waals surface area (Å²) >= 11 is 5.90. The van der Waals surface area contributed by atoms with Gasteiger partial charge in [0.15, 0.2) is 0 Å². The molecular weight excluding hydrogens is 262 g/mol. The molecule has 3 nitrogen and oxygen atoms in total. The quantitative estimate of drug-likeness (QED) is 0.930. The highest BCUT2D eigenvalue weighted by atomic mass is 35.5. The number of ether oxygens (including phenoxy) is 1. The number of rotatable bonds is 4. The topological polar surface area (TPSA) is 38.3 Å². The number of benzene rings is 2. The minimum Gasteiger partial charge on any atom is -0.489 e. The fourth-order valence-corrected chi connectivity index (χ4v) is 1.88. The lowest BCUT2D eigenvalue weighted by Gasteiger charge is -2.08. The molecule has 0 fully saturated rings. The molecule has 0 bridgehead atoms. The summed E-state index contributed by atoms with van der Waals surface area (Å²) in [7, 11) is 1.60. The molecule has 0 saturated heterocycles. The molecule has 1 amide bonds. The van der Waals surface area contributed by atoms with E-state index in [9.17, 15) is 4.79 Å². The van der Waals surface area contributed by atoms with E-state index in [0.717, 1.165) is 5.56 Å². The molecule has 1 N–H and O–H groups in total. The maximum absolute atomic E-state index is 11.5. The second-order valence-electron chi connectivity index (χ2n) is 4.03. The van der Waals surface area contributed by atoms with Crippen molar-refractivity contribution in [3.63, 3.8) is 0 Å². The third kappa shape index (κ3) is 3.73. The number of amides is 1. The summed E-state index contributed by atoms with van der Waals surface area (Å²) in [6.07, 6.45) is 0. The highest BCUT2D eigenvalue weighted by Crippen LogP contribution is 2.16. The van der Waals surface area contributed by atoms with Crippen LogP contribution in [0, 0.1) is 0 Å². The zero-order valence-electron chi connectivity index (χ0n) is 10.5. The van der Waals surface area contributed by atoms with Gasteiger partial charge in [0.25, 0.3) is 5.91 Å². The monoisotopic (exact) mass is 275 g/mol. The number of nitrogens with one attached hydrogen (secondary N) is 1. The Labute approximate surface area is 117 Å². The Balaban J connectivity index is 2.05. The lowest BCUT2D eigenvalue weighted by molar-refractivity contribution is 0.0962. The smallest absolute Gasteiger partial charge is 0.251 e. The summed E-state index contributed by atoms with van der Waals surface area (Å²) in [5.41, 5.74) is 1.56. The van der Waals surface area contributed by atoms with Gasteiger partial charge in [-0.3, -0.25) is 4.79 Å². The van der Waals surface area contributed by atoms with Crippen molar-refractivity contribution in [2.45, 2.75) is 6.61 Å². The van der Waals surface area contributed by atoms with Crippen LogP contribution in [0.4, 0.5) is 0 Å². The van der Waals surface area contributed by atoms with Gasteiger partial charge in [0.05, 0.1) is 0 Å². The van der Waals surface area contributed by atoms with Gasteiger partial charge in [-0.2, -0.15) is 0 Å². The Hall–Kier alpha value is -2.00. The van der Waals surface area contributed by atoms with Crippen molar-refractivity contribution >= 4 is 17.5 Å². The summed E-state index contributed by atoms with van der Waals surface area (Å²) < 4.78 is 5.64. The Morgan fingerprint density at radius 3 is 2.74 bits per heavy atom. The highest BCUT2D eigenvalue weighted by Gasteiger charge is 2.04. The summed E-state index contributed by atoms with van der Waals surface area (Å²) in [6, 6.07) is 14.5. The first-order valence-corrected chi connectivity index (χ1v) is 6.26. The van der Waals surface area contributed by atoms with Gasteiger partial charge in [-0.15, -0.1) is 0 Å². The van der Waals surface area contributed by atoms with E-state index in [1.165, 1.54) is 0 Å². The van der Waals surface area contributed by atoms with Crippen molar-refractivity contribution in [2.75, 3.05) is 7.05 Å². The highest BCUT2D eigenvalue weighted by molar-refractivity contribution is 6.30. The minimum atomic E-state index is -0.131. The average Bonchev–Trinajstić information content (AvgIpc) is 2.45. The van der Waals surface area contributed by atoms with E-state index in [2.05, 4.69) is 5.32 Å². The fraction of sp³-hybridized carbons (Fsp3) is 0.133. The van der Waals surface area contributed by atoms with Crippen molar-refractivity contribution in [1.82, 2.24) is 5.32 Å². The predicted molar refractivity (Wildman–Crippen MR) is 75.6 cm³/mol. The molecule has 0 heterocycles. The lowest BCUT2D eigenvalue weighted by atomic mass is 10.2. The van der Waals surface area contributed by atoms with E-state index in [-0.39, 0.29) is 5.91 Å². The summed E-state index contributed by atoms with van der Waals surface area (Å²) in [5.74, 6) is 0.522. The van der Waals surface area contributed by atoms with Crippen LogP contribution in [0.15, 0.2) is 48.5 Å². The molecule has 0 aliphatic heterocycles. The lowest BCUT2D eigenvalue weighted by Crippen LogP contribution is -2.17. The normalized spacial score (nSPS) is 10.0. The zero-order chi connectivity index (χ0) is 13.7. The molecule has 2 aromatic carbocycles. The van der Waals surface area contributed by atoms with Crippen molar-refractivity contribution < 1.29 is 9.53 Å². The number of hydrogen-bond acceptors (Lipinski definition) is 2. The van der Waals surface area contributed by atoms with Crippen molar-refractivity contribution in [3.8, 4) is 5.75 Å². The van der Waals surface area contributed by atoms with Crippen LogP contribution < -0.4 is 10.1 Å². The molecule has 0 aliphatic rings. The molecule has 19 heavy (non-hydrogen) atoms. The summed E-state index contributed by atoms with van der Waals surface area (Å²) in [5, 5.41) is 3.26. The van der Waals surface area contributed by atoms with Gasteiger partial charge in [0.2, 0.25) is 0 Å². The molecule has 0 atom stereocenters. The molecule has 2 rings (SSSR count). The van der Waals surface area contributed by atoms with Gasteiger partial charge in [0, 0.05) is 17.6 Å². The average molecular weight is 276 g/mol. The van der Waals surface area contributed by atoms with Gasteiger partial charge in [-0.05, 0) is 35.9 Å². The van der Waals surface area contributed by atoms with Crippen LogP contribution in [0.25, 0.3) is 0 Å². The molecular formula is C15H14ClNO2. The Kier molecular flexibility index (Phi) is 4.42. The van der Waals surface area contributed by atoms with Crippen LogP contribution in [0.2, 0.25) is 5.02 Å². The van der Waals surface area contributed by atoms with Gasteiger partial charge in [0.1, 0.15) is 12.4 Å². The SMILES string of the molecule is CNC(=O)c1cccc(OCc2cccc(Cl)c2)c1. The Morgan fingerprint density at radius 2 is 2.00 bits per heavy atom. The molecule has 0 aromatic heterocycles. The van der Waals surface area contributed by atoms with E-state index in [4.69, 9.17) is 16.3 Å². The van der Waals surface area contributed by atoms with E-state index in [0.29, 0.717) is 22.9 Å². The largest absolute Gasteiger partial charge is 0.489 e. The molecule has 0 aliphatic carbocycles. The van der Waals surface area contributed by atoms with E-state index in [1.807, 2.05) is 30.3 Å². The Bertz CT molecular complexity index is 584. The van der Waals surface area contributed by atoms with Crippen molar-refractivity contribution in [3.05, 3.63) is 64.7 Å². The molecule has 2 aromatic rings. The first-order chi connectivity index (χ1) is 9.19. The fourth-order valence-electron chi connectivity index (χ4n) is 1.66. The molecule has 0 spiro atoms. The van der Waals surface area contributed by atoms with Crippen LogP contribution in [0.5, 0.6) is 5.75 Å². The maximum Gasteiger partial charge on any atom is 0.251 e. The third-order valence-electron chi connectivity index (χ3n) is 2.62.